The molecule has 39 heavy (non-hydrogen) atoms. The summed E-state index contributed by atoms with van der Waals surface area (Å²) in [4.78, 5) is 24.8. The van der Waals surface area contributed by atoms with E-state index in [0.717, 1.165) is 18.4 Å². The fourth-order valence-corrected chi connectivity index (χ4v) is 3.67. The van der Waals surface area contributed by atoms with Crippen molar-refractivity contribution >= 4 is 11.9 Å². The molecule has 0 aliphatic carbocycles. The third-order valence-electron chi connectivity index (χ3n) is 5.62. The fraction of sp³-hybridized carbons (Fsp3) is 0.714. The first-order valence-electron chi connectivity index (χ1n) is 13.7. The Morgan fingerprint density at radius 3 is 1.95 bits per heavy atom. The molecule has 0 saturated carbocycles. The van der Waals surface area contributed by atoms with Crippen LogP contribution in [-0.2, 0) is 58.8 Å². The Labute approximate surface area is 231 Å². The van der Waals surface area contributed by atoms with Crippen LogP contribution in [0.25, 0.3) is 0 Å². The van der Waals surface area contributed by atoms with Crippen molar-refractivity contribution < 1.29 is 52.2 Å². The molecule has 1 aliphatic heterocycles. The zero-order valence-electron chi connectivity index (χ0n) is 23.5. The van der Waals surface area contributed by atoms with Gasteiger partial charge in [-0.25, -0.2) is 0 Å². The zero-order valence-corrected chi connectivity index (χ0v) is 23.5. The molecular weight excluding hydrogens is 512 g/mol. The molecule has 1 heterocycles. The van der Waals surface area contributed by atoms with E-state index in [1.807, 2.05) is 44.2 Å². The number of ether oxygens (including phenoxy) is 9. The summed E-state index contributed by atoms with van der Waals surface area (Å²) in [6.45, 7) is 8.42. The van der Waals surface area contributed by atoms with Crippen molar-refractivity contribution in [3.05, 3.63) is 35.9 Å². The van der Waals surface area contributed by atoms with Crippen LogP contribution in [0.2, 0.25) is 0 Å². The summed E-state index contributed by atoms with van der Waals surface area (Å²) in [5.41, 5.74) is 1.00. The molecular formula is C28H44O11. The van der Waals surface area contributed by atoms with Crippen LogP contribution in [-0.4, -0.2) is 82.8 Å². The quantitative estimate of drug-likeness (QED) is 0.133. The highest BCUT2D eigenvalue weighted by molar-refractivity contribution is 5.70. The van der Waals surface area contributed by atoms with Gasteiger partial charge in [-0.1, -0.05) is 58.0 Å². The van der Waals surface area contributed by atoms with Gasteiger partial charge in [-0.3, -0.25) is 9.59 Å². The summed E-state index contributed by atoms with van der Waals surface area (Å²) in [5, 5.41) is 0. The number of rotatable bonds is 20. The molecule has 5 atom stereocenters. The van der Waals surface area contributed by atoms with Crippen LogP contribution in [0.5, 0.6) is 0 Å². The highest BCUT2D eigenvalue weighted by atomic mass is 16.8. The summed E-state index contributed by atoms with van der Waals surface area (Å²) in [7, 11) is 0. The number of hydrogen-bond donors (Lipinski definition) is 0. The third kappa shape index (κ3) is 12.3. The Morgan fingerprint density at radius 1 is 0.718 bits per heavy atom. The molecule has 1 aromatic rings. The van der Waals surface area contributed by atoms with E-state index in [4.69, 9.17) is 42.6 Å². The molecule has 0 unspecified atom stereocenters. The van der Waals surface area contributed by atoms with Gasteiger partial charge in [-0.2, -0.15) is 0 Å². The lowest BCUT2D eigenvalue weighted by Crippen LogP contribution is -2.63. The van der Waals surface area contributed by atoms with E-state index < -0.39 is 42.6 Å². The Bertz CT molecular complexity index is 791. The molecule has 0 radical (unpaired) electrons. The lowest BCUT2D eigenvalue weighted by Gasteiger charge is -2.44. The van der Waals surface area contributed by atoms with Gasteiger partial charge in [0.05, 0.1) is 13.2 Å². The molecule has 1 aromatic carbocycles. The lowest BCUT2D eigenvalue weighted by molar-refractivity contribution is -0.337. The van der Waals surface area contributed by atoms with Crippen molar-refractivity contribution in [2.45, 2.75) is 90.7 Å². The van der Waals surface area contributed by atoms with Crippen molar-refractivity contribution in [3.63, 3.8) is 0 Å². The molecule has 0 N–H and O–H groups in total. The maximum atomic E-state index is 12.4. The highest BCUT2D eigenvalue weighted by Gasteiger charge is 2.51. The van der Waals surface area contributed by atoms with E-state index in [0.29, 0.717) is 19.8 Å². The molecule has 2 rings (SSSR count). The Kier molecular flexibility index (Phi) is 16.9. The SMILES string of the molecule is CCCOCO[C@H]1O[C@H](COCOCc2ccccc2)[C@@H](OC(=O)CC)[C@H](OC(=O)CC)[C@H]1OCOCCC. The summed E-state index contributed by atoms with van der Waals surface area (Å²) in [6.07, 6.45) is -3.03. The molecule has 0 amide bonds. The summed E-state index contributed by atoms with van der Waals surface area (Å²) < 4.78 is 51.7. The third-order valence-corrected chi connectivity index (χ3v) is 5.62. The summed E-state index contributed by atoms with van der Waals surface area (Å²) in [6, 6.07) is 9.68. The smallest absolute Gasteiger partial charge is 0.306 e. The normalized spacial score (nSPS) is 22.9. The molecule has 0 aromatic heterocycles. The summed E-state index contributed by atoms with van der Waals surface area (Å²) >= 11 is 0. The second-order valence-corrected chi connectivity index (χ2v) is 8.83. The van der Waals surface area contributed by atoms with Crippen LogP contribution in [0.1, 0.15) is 58.9 Å². The van der Waals surface area contributed by atoms with E-state index >= 15 is 0 Å². The van der Waals surface area contributed by atoms with Gasteiger partial charge in [0.2, 0.25) is 0 Å². The molecule has 1 saturated heterocycles. The van der Waals surface area contributed by atoms with Crippen molar-refractivity contribution in [3.8, 4) is 0 Å². The molecule has 0 spiro atoms. The minimum Gasteiger partial charge on any atom is -0.455 e. The first-order valence-corrected chi connectivity index (χ1v) is 13.7. The molecule has 1 aliphatic rings. The standard InChI is InChI=1S/C28H44O11/c1-5-14-31-19-35-27-26(39-24(30)8-4)25(38-23(29)7-3)22(37-28(27)36-20-32-15-6-2)17-34-18-33-16-21-12-10-9-11-13-21/h9-13,22,25-28H,5-8,14-20H2,1-4H3/t22-,25-,26+,27-,28+/m1/s1. The van der Waals surface area contributed by atoms with Crippen molar-refractivity contribution in [2.75, 3.05) is 40.2 Å². The molecule has 222 valence electrons. The van der Waals surface area contributed by atoms with Crippen molar-refractivity contribution in [1.82, 2.24) is 0 Å². The number of carbonyl (C=O) groups is 2. The van der Waals surface area contributed by atoms with Gasteiger partial charge >= 0.3 is 11.9 Å². The average molecular weight is 557 g/mol. The number of hydrogen-bond acceptors (Lipinski definition) is 11. The Morgan fingerprint density at radius 2 is 1.33 bits per heavy atom. The molecule has 11 nitrogen and oxygen atoms in total. The van der Waals surface area contributed by atoms with Crippen molar-refractivity contribution in [2.24, 2.45) is 0 Å². The van der Waals surface area contributed by atoms with Crippen molar-refractivity contribution in [1.29, 1.82) is 0 Å². The first kappa shape index (κ1) is 33.1. The van der Waals surface area contributed by atoms with Crippen LogP contribution in [0.15, 0.2) is 30.3 Å². The summed E-state index contributed by atoms with van der Waals surface area (Å²) in [5.74, 6) is -0.979. The minimum absolute atomic E-state index is 0.0225. The van der Waals surface area contributed by atoms with Gasteiger partial charge < -0.3 is 42.6 Å². The molecule has 11 heteroatoms. The topological polar surface area (TPSA) is 117 Å². The van der Waals surface area contributed by atoms with E-state index in [1.165, 1.54) is 0 Å². The highest BCUT2D eigenvalue weighted by Crippen LogP contribution is 2.30. The number of benzene rings is 1. The second-order valence-electron chi connectivity index (χ2n) is 8.83. The second kappa shape index (κ2) is 19.9. The van der Waals surface area contributed by atoms with E-state index in [1.54, 1.807) is 13.8 Å². The molecule has 0 bridgehead atoms. The number of esters is 2. The van der Waals surface area contributed by atoms with Gasteiger partial charge in [0.15, 0.2) is 24.6 Å². The Balaban J connectivity index is 2.18. The predicted molar refractivity (Wildman–Crippen MR) is 139 cm³/mol. The van der Waals surface area contributed by atoms with E-state index in [-0.39, 0.29) is 39.8 Å². The maximum absolute atomic E-state index is 12.4. The zero-order chi connectivity index (χ0) is 28.3. The predicted octanol–water partition coefficient (Wildman–Crippen LogP) is 3.72. The van der Waals surface area contributed by atoms with Crippen LogP contribution < -0.4 is 0 Å². The van der Waals surface area contributed by atoms with E-state index in [2.05, 4.69) is 0 Å². The van der Waals surface area contributed by atoms with Crippen LogP contribution in [0, 0.1) is 0 Å². The lowest BCUT2D eigenvalue weighted by atomic mass is 9.98. The van der Waals surface area contributed by atoms with Crippen LogP contribution >= 0.6 is 0 Å². The largest absolute Gasteiger partial charge is 0.455 e. The monoisotopic (exact) mass is 556 g/mol. The van der Waals surface area contributed by atoms with Crippen LogP contribution in [0.4, 0.5) is 0 Å². The first-order chi connectivity index (χ1) is 19.0. The minimum atomic E-state index is -1.04. The van der Waals surface area contributed by atoms with Gasteiger partial charge in [0.1, 0.15) is 26.5 Å². The maximum Gasteiger partial charge on any atom is 0.306 e. The number of carbonyl (C=O) groups excluding carboxylic acids is 2. The van der Waals surface area contributed by atoms with Crippen LogP contribution in [0.3, 0.4) is 0 Å². The van der Waals surface area contributed by atoms with Gasteiger partial charge in [-0.05, 0) is 18.4 Å². The Hall–Kier alpha value is -2.12. The van der Waals surface area contributed by atoms with Gasteiger partial charge in [0.25, 0.3) is 0 Å². The average Bonchev–Trinajstić information content (AvgIpc) is 2.96. The fourth-order valence-electron chi connectivity index (χ4n) is 3.67. The van der Waals surface area contributed by atoms with Gasteiger partial charge in [-0.15, -0.1) is 0 Å². The molecule has 1 fully saturated rings. The van der Waals surface area contributed by atoms with E-state index in [9.17, 15) is 9.59 Å². The van der Waals surface area contributed by atoms with Gasteiger partial charge in [0, 0.05) is 26.1 Å².